The smallest absolute Gasteiger partial charge is 0.178 e. The van der Waals surface area contributed by atoms with Gasteiger partial charge in [0.1, 0.15) is 5.82 Å². The summed E-state index contributed by atoms with van der Waals surface area (Å²) >= 11 is 7.36. The van der Waals surface area contributed by atoms with Crippen LogP contribution in [0.15, 0.2) is 18.3 Å². The van der Waals surface area contributed by atoms with Crippen molar-refractivity contribution in [3.05, 3.63) is 43.7 Å². The highest BCUT2D eigenvalue weighted by Gasteiger charge is 2.12. The molecule has 0 spiro atoms. The van der Waals surface area contributed by atoms with Crippen LogP contribution in [0, 0.1) is 14.2 Å². The van der Waals surface area contributed by atoms with E-state index in [0.717, 1.165) is 28.7 Å². The zero-order valence-corrected chi connectivity index (χ0v) is 14.6. The van der Waals surface area contributed by atoms with Crippen molar-refractivity contribution < 1.29 is 4.39 Å². The largest absolute Gasteiger partial charge is 0.331 e. The van der Waals surface area contributed by atoms with E-state index in [2.05, 4.69) is 17.0 Å². The van der Waals surface area contributed by atoms with Crippen molar-refractivity contribution in [1.82, 2.24) is 19.3 Å². The van der Waals surface area contributed by atoms with Gasteiger partial charge in [-0.3, -0.25) is 4.68 Å². The average molecular weight is 416 g/mol. The van der Waals surface area contributed by atoms with E-state index in [1.807, 2.05) is 40.4 Å². The van der Waals surface area contributed by atoms with Gasteiger partial charge in [-0.1, -0.05) is 6.92 Å². The third kappa shape index (κ3) is 2.64. The van der Waals surface area contributed by atoms with E-state index in [0.29, 0.717) is 14.9 Å². The standard InChI is InChI=1S/C14H14FIN4S/c1-3-11-8(6-19(2)18-11)7-20-13-4-9(15)10(16)5-12(13)17-14(20)21/h4-6H,3,7H2,1-2H3,(H,17,21). The van der Waals surface area contributed by atoms with Crippen LogP contribution in [0.3, 0.4) is 0 Å². The SMILES string of the molecule is CCc1nn(C)cc1Cn1c(=S)[nH]c2cc(I)c(F)cc21. The number of imidazole rings is 1. The molecule has 0 saturated carbocycles. The molecule has 3 rings (SSSR count). The van der Waals surface area contributed by atoms with E-state index < -0.39 is 0 Å². The Morgan fingerprint density at radius 3 is 2.90 bits per heavy atom. The Balaban J connectivity index is 2.14. The number of aromatic nitrogens is 4. The molecule has 0 amide bonds. The molecule has 0 aliphatic carbocycles. The fourth-order valence-corrected chi connectivity index (χ4v) is 3.23. The van der Waals surface area contributed by atoms with Gasteiger partial charge in [0, 0.05) is 24.9 Å². The highest BCUT2D eigenvalue weighted by atomic mass is 127. The van der Waals surface area contributed by atoms with Crippen molar-refractivity contribution >= 4 is 45.8 Å². The Kier molecular flexibility index (Phi) is 3.87. The van der Waals surface area contributed by atoms with Gasteiger partial charge in [-0.25, -0.2) is 4.39 Å². The number of fused-ring (bicyclic) bond motifs is 1. The molecule has 21 heavy (non-hydrogen) atoms. The number of benzene rings is 1. The highest BCUT2D eigenvalue weighted by Crippen LogP contribution is 2.22. The second kappa shape index (κ2) is 5.53. The number of nitrogens with one attached hydrogen (secondary N) is 1. The van der Waals surface area contributed by atoms with Crippen LogP contribution in [-0.2, 0) is 20.0 Å². The minimum atomic E-state index is -0.229. The summed E-state index contributed by atoms with van der Waals surface area (Å²) in [6, 6.07) is 3.31. The van der Waals surface area contributed by atoms with E-state index >= 15 is 0 Å². The zero-order valence-electron chi connectivity index (χ0n) is 11.7. The monoisotopic (exact) mass is 416 g/mol. The molecule has 0 bridgehead atoms. The topological polar surface area (TPSA) is 38.5 Å². The minimum Gasteiger partial charge on any atom is -0.331 e. The number of aryl methyl sites for hydroxylation is 2. The molecular formula is C14H14FIN4S. The minimum absolute atomic E-state index is 0.229. The first-order valence-corrected chi connectivity index (χ1v) is 8.07. The third-order valence-electron chi connectivity index (χ3n) is 3.47. The molecule has 4 nitrogen and oxygen atoms in total. The summed E-state index contributed by atoms with van der Waals surface area (Å²) in [5.74, 6) is -0.229. The lowest BCUT2D eigenvalue weighted by Gasteiger charge is -2.05. The van der Waals surface area contributed by atoms with E-state index in [1.54, 1.807) is 10.7 Å². The number of nitrogens with zero attached hydrogens (tertiary/aromatic N) is 3. The molecule has 0 saturated heterocycles. The van der Waals surface area contributed by atoms with Gasteiger partial charge >= 0.3 is 0 Å². The Hall–Kier alpha value is -1.22. The molecule has 0 aliphatic heterocycles. The summed E-state index contributed by atoms with van der Waals surface area (Å²) in [5, 5.41) is 4.43. The summed E-state index contributed by atoms with van der Waals surface area (Å²) in [4.78, 5) is 3.14. The van der Waals surface area contributed by atoms with Crippen LogP contribution in [0.5, 0.6) is 0 Å². The fourth-order valence-electron chi connectivity index (χ4n) is 2.49. The van der Waals surface area contributed by atoms with Crippen LogP contribution >= 0.6 is 34.8 Å². The van der Waals surface area contributed by atoms with Gasteiger partial charge in [0.2, 0.25) is 0 Å². The summed E-state index contributed by atoms with van der Waals surface area (Å²) in [5.41, 5.74) is 3.78. The Morgan fingerprint density at radius 2 is 2.19 bits per heavy atom. The van der Waals surface area contributed by atoms with Gasteiger partial charge in [-0.15, -0.1) is 0 Å². The van der Waals surface area contributed by atoms with Crippen molar-refractivity contribution in [2.45, 2.75) is 19.9 Å². The summed E-state index contributed by atoms with van der Waals surface area (Å²) in [6.45, 7) is 2.66. The molecule has 1 N–H and O–H groups in total. The Bertz CT molecular complexity index is 877. The molecule has 2 aromatic heterocycles. The van der Waals surface area contributed by atoms with Crippen molar-refractivity contribution in [1.29, 1.82) is 0 Å². The molecule has 3 aromatic rings. The summed E-state index contributed by atoms with van der Waals surface area (Å²) in [7, 11) is 1.90. The van der Waals surface area contributed by atoms with Gasteiger partial charge < -0.3 is 9.55 Å². The van der Waals surface area contributed by atoms with E-state index in [1.165, 1.54) is 6.07 Å². The molecule has 110 valence electrons. The van der Waals surface area contributed by atoms with Crippen LogP contribution < -0.4 is 0 Å². The van der Waals surface area contributed by atoms with Crippen molar-refractivity contribution in [3.63, 3.8) is 0 Å². The van der Waals surface area contributed by atoms with Gasteiger partial charge in [0.25, 0.3) is 0 Å². The second-order valence-electron chi connectivity index (χ2n) is 4.93. The highest BCUT2D eigenvalue weighted by molar-refractivity contribution is 14.1. The van der Waals surface area contributed by atoms with E-state index in [9.17, 15) is 4.39 Å². The van der Waals surface area contributed by atoms with Crippen LogP contribution in [-0.4, -0.2) is 19.3 Å². The van der Waals surface area contributed by atoms with E-state index in [4.69, 9.17) is 12.2 Å². The molecular weight excluding hydrogens is 402 g/mol. The van der Waals surface area contributed by atoms with Gasteiger partial charge in [0.05, 0.1) is 26.8 Å². The molecule has 7 heteroatoms. The normalized spacial score (nSPS) is 11.4. The Morgan fingerprint density at radius 1 is 1.43 bits per heavy atom. The summed E-state index contributed by atoms with van der Waals surface area (Å²) < 4.78 is 18.7. The molecule has 0 unspecified atom stereocenters. The van der Waals surface area contributed by atoms with Gasteiger partial charge in [0.15, 0.2) is 4.77 Å². The zero-order chi connectivity index (χ0) is 15.1. The molecule has 0 aliphatic rings. The van der Waals surface area contributed by atoms with E-state index in [-0.39, 0.29) is 5.82 Å². The number of hydrogen-bond donors (Lipinski definition) is 1. The maximum atomic E-state index is 13.8. The lowest BCUT2D eigenvalue weighted by Crippen LogP contribution is -2.01. The van der Waals surface area contributed by atoms with Crippen molar-refractivity contribution in [2.75, 3.05) is 0 Å². The number of hydrogen-bond acceptors (Lipinski definition) is 2. The van der Waals surface area contributed by atoms with Crippen LogP contribution in [0.2, 0.25) is 0 Å². The van der Waals surface area contributed by atoms with Crippen LogP contribution in [0.4, 0.5) is 4.39 Å². The van der Waals surface area contributed by atoms with Gasteiger partial charge in [-0.2, -0.15) is 5.10 Å². The maximum absolute atomic E-state index is 13.8. The molecule has 2 heterocycles. The second-order valence-corrected chi connectivity index (χ2v) is 6.48. The molecule has 0 radical (unpaired) electrons. The van der Waals surface area contributed by atoms with Crippen molar-refractivity contribution in [3.8, 4) is 0 Å². The number of rotatable bonds is 3. The molecule has 1 aromatic carbocycles. The first kappa shape index (κ1) is 14.7. The van der Waals surface area contributed by atoms with Gasteiger partial charge in [-0.05, 0) is 47.3 Å². The first-order chi connectivity index (χ1) is 9.99. The number of aromatic amines is 1. The maximum Gasteiger partial charge on any atom is 0.178 e. The Labute approximate surface area is 140 Å². The lowest BCUT2D eigenvalue weighted by atomic mass is 10.2. The summed E-state index contributed by atoms with van der Waals surface area (Å²) in [6.07, 6.45) is 2.85. The molecule has 0 fully saturated rings. The predicted octanol–water partition coefficient (Wildman–Crippen LogP) is 3.79. The quantitative estimate of drug-likeness (QED) is 0.522. The van der Waals surface area contributed by atoms with Crippen LogP contribution in [0.25, 0.3) is 11.0 Å². The number of halogens is 2. The van der Waals surface area contributed by atoms with Crippen LogP contribution in [0.1, 0.15) is 18.2 Å². The first-order valence-electron chi connectivity index (χ1n) is 6.58. The predicted molar refractivity (Wildman–Crippen MR) is 91.5 cm³/mol. The lowest BCUT2D eigenvalue weighted by molar-refractivity contribution is 0.621. The average Bonchev–Trinajstić information content (AvgIpc) is 2.93. The fraction of sp³-hybridized carbons (Fsp3) is 0.286. The third-order valence-corrected chi connectivity index (χ3v) is 4.62. The number of H-pyrrole nitrogens is 1. The van der Waals surface area contributed by atoms with Crippen molar-refractivity contribution in [2.24, 2.45) is 7.05 Å². The molecule has 0 atom stereocenters.